The first kappa shape index (κ1) is 24.1. The number of aromatic amines is 1. The number of H-pyrrole nitrogens is 1. The summed E-state index contributed by atoms with van der Waals surface area (Å²) in [5, 5.41) is 28.4. The minimum absolute atomic E-state index is 0.297. The second-order valence-corrected chi connectivity index (χ2v) is 9.37. The predicted octanol–water partition coefficient (Wildman–Crippen LogP) is 5.47. The van der Waals surface area contributed by atoms with Gasteiger partial charge in [0.2, 0.25) is 5.16 Å². The fourth-order valence-electron chi connectivity index (χ4n) is 4.64. The number of rotatable bonds is 9. The number of tetrazole rings is 1. The Bertz CT molecular complexity index is 1330. The maximum absolute atomic E-state index is 13.7. The third-order valence-electron chi connectivity index (χ3n) is 6.48. The van der Waals surface area contributed by atoms with Crippen molar-refractivity contribution in [2.75, 3.05) is 13.2 Å². The van der Waals surface area contributed by atoms with Crippen molar-refractivity contribution in [1.29, 1.82) is 0 Å². The van der Waals surface area contributed by atoms with Crippen LogP contribution in [0.2, 0.25) is 0 Å². The van der Waals surface area contributed by atoms with Crippen molar-refractivity contribution in [2.45, 2.75) is 32.7 Å². The van der Waals surface area contributed by atoms with Crippen LogP contribution in [0.25, 0.3) is 22.5 Å². The summed E-state index contributed by atoms with van der Waals surface area (Å²) in [5.41, 5.74) is 5.81. The molecule has 0 radical (unpaired) electrons. The van der Waals surface area contributed by atoms with Crippen LogP contribution in [0.3, 0.4) is 0 Å². The van der Waals surface area contributed by atoms with Crippen LogP contribution < -0.4 is 0 Å². The molecule has 0 bridgehead atoms. The molecule has 0 aliphatic carbocycles. The molecule has 0 fully saturated rings. The summed E-state index contributed by atoms with van der Waals surface area (Å²) >= 11 is 6.72. The first-order valence-electron chi connectivity index (χ1n) is 12.1. The minimum atomic E-state index is -0.525. The number of nitrogens with zero attached hydrogens (tertiary/aromatic N) is 6. The smallest absolute Gasteiger partial charge is 0.222 e. The van der Waals surface area contributed by atoms with Crippen molar-refractivity contribution < 1.29 is 4.65 Å². The van der Waals surface area contributed by atoms with Crippen LogP contribution in [0.5, 0.6) is 0 Å². The quantitative estimate of drug-likeness (QED) is 0.186. The van der Waals surface area contributed by atoms with Crippen molar-refractivity contribution in [2.24, 2.45) is 0 Å². The van der Waals surface area contributed by atoms with Crippen LogP contribution in [-0.2, 0) is 13.0 Å². The Morgan fingerprint density at radius 2 is 1.78 bits per heavy atom. The number of aromatic nitrogens is 5. The number of hydroxylamine groups is 3. The number of pyridine rings is 1. The molecule has 3 heterocycles. The van der Waals surface area contributed by atoms with Gasteiger partial charge in [-0.1, -0.05) is 74.0 Å². The zero-order valence-electron chi connectivity index (χ0n) is 20.1. The lowest BCUT2D eigenvalue weighted by atomic mass is 10.0. The fourth-order valence-corrected chi connectivity index (χ4v) is 5.00. The van der Waals surface area contributed by atoms with Gasteiger partial charge in [-0.2, -0.15) is 0 Å². The van der Waals surface area contributed by atoms with Crippen LogP contribution in [0.15, 0.2) is 83.8 Å². The van der Waals surface area contributed by atoms with Crippen LogP contribution in [-0.4, -0.2) is 48.4 Å². The number of benzene rings is 2. The van der Waals surface area contributed by atoms with E-state index >= 15 is 0 Å². The minimum Gasteiger partial charge on any atom is -0.625 e. The molecular weight excluding hydrogens is 474 g/mol. The van der Waals surface area contributed by atoms with Gasteiger partial charge in [-0.15, -0.1) is 5.10 Å². The number of quaternary nitrogens is 1. The van der Waals surface area contributed by atoms with Crippen LogP contribution in [0, 0.1) is 5.21 Å². The van der Waals surface area contributed by atoms with Gasteiger partial charge in [0.05, 0.1) is 24.5 Å². The normalized spacial score (nSPS) is 17.7. The van der Waals surface area contributed by atoms with Crippen molar-refractivity contribution >= 4 is 11.6 Å². The second kappa shape index (κ2) is 10.6. The average Bonchev–Trinajstić information content (AvgIpc) is 3.53. The Hall–Kier alpha value is -3.59. The molecule has 1 aliphatic heterocycles. The highest BCUT2D eigenvalue weighted by Crippen LogP contribution is 2.37. The van der Waals surface area contributed by atoms with Gasteiger partial charge in [0.25, 0.3) is 0 Å². The van der Waals surface area contributed by atoms with E-state index in [-0.39, 0.29) is 0 Å². The number of allylic oxidation sites excluding steroid dienone is 1. The van der Waals surface area contributed by atoms with Crippen molar-refractivity contribution in [1.82, 2.24) is 30.5 Å². The highest BCUT2D eigenvalue weighted by molar-refractivity contribution is 6.28. The lowest BCUT2D eigenvalue weighted by molar-refractivity contribution is -0.837. The highest BCUT2D eigenvalue weighted by Gasteiger charge is 2.37. The summed E-state index contributed by atoms with van der Waals surface area (Å²) in [5.74, 6) is 0.607. The van der Waals surface area contributed by atoms with Crippen molar-refractivity contribution in [3.05, 3.63) is 100 Å². The van der Waals surface area contributed by atoms with Crippen molar-refractivity contribution in [3.8, 4) is 22.5 Å². The van der Waals surface area contributed by atoms with E-state index in [2.05, 4.69) is 32.4 Å². The van der Waals surface area contributed by atoms with E-state index in [0.717, 1.165) is 46.5 Å². The third-order valence-corrected chi connectivity index (χ3v) is 7.01. The summed E-state index contributed by atoms with van der Waals surface area (Å²) in [7, 11) is 0. The van der Waals surface area contributed by atoms with Gasteiger partial charge in [-0.25, -0.2) is 5.10 Å². The fraction of sp³-hybridized carbons (Fsp3) is 0.259. The lowest BCUT2D eigenvalue weighted by Crippen LogP contribution is -2.42. The molecule has 1 unspecified atom stereocenters. The van der Waals surface area contributed by atoms with Crippen molar-refractivity contribution in [3.63, 3.8) is 0 Å². The van der Waals surface area contributed by atoms with Crippen LogP contribution >= 0.6 is 11.6 Å². The number of hydrogen-bond donors (Lipinski definition) is 1. The van der Waals surface area contributed by atoms with E-state index in [0.29, 0.717) is 37.2 Å². The molecular formula is C27H28ClN7O. The number of nitrogens with one attached hydrogen (secondary N) is 1. The standard InChI is InChI=1S/C27H28ClN7O/c1-2-8-25-26(28)35(36,16-15-20-9-4-3-5-10-20)19-34(25)18-22-14-13-21(17-29-22)23-11-6-7-12-24(23)27-30-32-33-31-27/h3-7,9-14,17H,2,8,15-16,18-19H2,1H3,(H,30,31,32,33). The lowest BCUT2D eigenvalue weighted by Gasteiger charge is -2.38. The largest absolute Gasteiger partial charge is 0.625 e. The summed E-state index contributed by atoms with van der Waals surface area (Å²) in [4.78, 5) is 6.82. The van der Waals surface area contributed by atoms with Gasteiger partial charge >= 0.3 is 0 Å². The summed E-state index contributed by atoms with van der Waals surface area (Å²) in [6.07, 6.45) is 4.22. The number of hydrogen-bond acceptors (Lipinski definition) is 6. The van der Waals surface area contributed by atoms with Gasteiger partial charge < -0.3 is 10.1 Å². The Morgan fingerprint density at radius 1 is 1.00 bits per heavy atom. The molecule has 2 aromatic carbocycles. The topological polar surface area (TPSA) is 93.6 Å². The molecule has 5 rings (SSSR count). The Labute approximate surface area is 215 Å². The summed E-state index contributed by atoms with van der Waals surface area (Å²) < 4.78 is -0.525. The first-order valence-corrected chi connectivity index (χ1v) is 12.5. The van der Waals surface area contributed by atoms with E-state index in [1.807, 2.05) is 72.9 Å². The first-order chi connectivity index (χ1) is 17.6. The molecule has 0 saturated carbocycles. The molecule has 0 amide bonds. The molecule has 1 N–H and O–H groups in total. The van der Waals surface area contributed by atoms with E-state index in [1.54, 1.807) is 0 Å². The molecule has 1 aliphatic rings. The van der Waals surface area contributed by atoms with E-state index < -0.39 is 4.65 Å². The maximum atomic E-state index is 13.7. The number of halogens is 1. The second-order valence-electron chi connectivity index (χ2n) is 9.01. The molecule has 4 aromatic rings. The highest BCUT2D eigenvalue weighted by atomic mass is 35.5. The Balaban J connectivity index is 1.33. The summed E-state index contributed by atoms with van der Waals surface area (Å²) in [6, 6.07) is 22.0. The zero-order chi connectivity index (χ0) is 25.0. The third kappa shape index (κ3) is 5.02. The van der Waals surface area contributed by atoms with Crippen LogP contribution in [0.1, 0.15) is 31.0 Å². The Morgan fingerprint density at radius 3 is 2.47 bits per heavy atom. The van der Waals surface area contributed by atoms with Gasteiger partial charge in [0.1, 0.15) is 0 Å². The molecule has 9 heteroatoms. The van der Waals surface area contributed by atoms with Crippen LogP contribution in [0.4, 0.5) is 0 Å². The molecule has 1 atom stereocenters. The predicted molar refractivity (Wildman–Crippen MR) is 140 cm³/mol. The summed E-state index contributed by atoms with van der Waals surface area (Å²) in [6.45, 7) is 3.34. The van der Waals surface area contributed by atoms with E-state index in [1.165, 1.54) is 0 Å². The molecule has 184 valence electrons. The zero-order valence-corrected chi connectivity index (χ0v) is 20.9. The Kier molecular flexibility index (Phi) is 7.09. The maximum Gasteiger partial charge on any atom is 0.222 e. The SMILES string of the molecule is CCCC1=C(Cl)[N+]([O-])(CCc2ccccc2)CN1Cc1ccc(-c2ccccc2-c2nnn[nH]2)cn1. The van der Waals surface area contributed by atoms with E-state index in [9.17, 15) is 5.21 Å². The van der Waals surface area contributed by atoms with Gasteiger partial charge in [0.15, 0.2) is 12.5 Å². The van der Waals surface area contributed by atoms with E-state index in [4.69, 9.17) is 16.6 Å². The molecule has 2 aromatic heterocycles. The average molecular weight is 502 g/mol. The monoisotopic (exact) mass is 501 g/mol. The van der Waals surface area contributed by atoms with Gasteiger partial charge in [-0.05, 0) is 45.6 Å². The van der Waals surface area contributed by atoms with Gasteiger partial charge in [0, 0.05) is 23.7 Å². The molecule has 36 heavy (non-hydrogen) atoms. The molecule has 8 nitrogen and oxygen atoms in total. The molecule has 0 saturated heterocycles. The molecule has 0 spiro atoms. The van der Waals surface area contributed by atoms with Gasteiger partial charge in [-0.3, -0.25) is 9.63 Å².